The van der Waals surface area contributed by atoms with Crippen LogP contribution in [0.5, 0.6) is 0 Å². The van der Waals surface area contributed by atoms with Crippen molar-refractivity contribution < 1.29 is 14.7 Å². The molecule has 0 spiro atoms. The summed E-state index contributed by atoms with van der Waals surface area (Å²) in [5, 5.41) is 11.3. The molecule has 136 valence electrons. The fourth-order valence-electron chi connectivity index (χ4n) is 3.43. The minimum atomic E-state index is -0.982. The molecule has 0 radical (unpaired) electrons. The molecule has 4 aromatic rings. The molecule has 0 aliphatic carbocycles. The van der Waals surface area contributed by atoms with E-state index in [9.17, 15) is 14.7 Å². The van der Waals surface area contributed by atoms with Crippen LogP contribution in [-0.4, -0.2) is 31.1 Å². The largest absolute Gasteiger partial charge is 0.478 e. The summed E-state index contributed by atoms with van der Waals surface area (Å²) in [6.45, 7) is 1.09. The normalized spacial score (nSPS) is 11.3. The predicted molar refractivity (Wildman–Crippen MR) is 102 cm³/mol. The van der Waals surface area contributed by atoms with Crippen LogP contribution >= 0.6 is 0 Å². The van der Waals surface area contributed by atoms with Crippen LogP contribution in [0.2, 0.25) is 0 Å². The van der Waals surface area contributed by atoms with Crippen molar-refractivity contribution in [3.8, 4) is 0 Å². The third-order valence-corrected chi connectivity index (χ3v) is 4.68. The Balaban J connectivity index is 1.88. The minimum absolute atomic E-state index is 0.187. The first-order valence-electron chi connectivity index (χ1n) is 8.55. The first-order chi connectivity index (χ1) is 13.0. The maximum atomic E-state index is 11.4. The molecule has 27 heavy (non-hydrogen) atoms. The molecule has 7 nitrogen and oxygen atoms in total. The van der Waals surface area contributed by atoms with Gasteiger partial charge in [-0.1, -0.05) is 12.1 Å². The molecule has 0 unspecified atom stereocenters. The zero-order chi connectivity index (χ0) is 19.0. The zero-order valence-electron chi connectivity index (χ0n) is 14.5. The summed E-state index contributed by atoms with van der Waals surface area (Å²) in [5.41, 5.74) is 8.37. The van der Waals surface area contributed by atoms with Gasteiger partial charge in [-0.3, -0.25) is 4.79 Å². The molecule has 7 heteroatoms. The van der Waals surface area contributed by atoms with E-state index in [1.54, 1.807) is 24.7 Å². The fourth-order valence-corrected chi connectivity index (χ4v) is 3.43. The number of hydrogen-bond acceptors (Lipinski definition) is 3. The number of hydrogen-bond donors (Lipinski definition) is 2. The van der Waals surface area contributed by atoms with E-state index >= 15 is 0 Å². The Morgan fingerprint density at radius 2 is 1.93 bits per heavy atom. The average molecular weight is 362 g/mol. The second-order valence-corrected chi connectivity index (χ2v) is 6.49. The summed E-state index contributed by atoms with van der Waals surface area (Å²) < 4.78 is 3.94. The predicted octanol–water partition coefficient (Wildman–Crippen LogP) is 2.61. The Morgan fingerprint density at radius 3 is 2.63 bits per heavy atom. The number of carboxylic acids is 1. The summed E-state index contributed by atoms with van der Waals surface area (Å²) >= 11 is 0. The Hall–Kier alpha value is -3.61. The molecule has 0 bridgehead atoms. The highest BCUT2D eigenvalue weighted by molar-refractivity contribution is 6.10. The van der Waals surface area contributed by atoms with Crippen molar-refractivity contribution in [3.63, 3.8) is 0 Å². The molecule has 3 N–H and O–H groups in total. The van der Waals surface area contributed by atoms with Crippen LogP contribution in [-0.2, 0) is 17.9 Å². The van der Waals surface area contributed by atoms with Gasteiger partial charge in [0.25, 0.3) is 0 Å². The summed E-state index contributed by atoms with van der Waals surface area (Å²) in [7, 11) is 0. The van der Waals surface area contributed by atoms with Gasteiger partial charge in [-0.2, -0.15) is 0 Å². The molecule has 1 amide bonds. The summed E-state index contributed by atoms with van der Waals surface area (Å²) in [6, 6.07) is 11.2. The third kappa shape index (κ3) is 3.15. The quantitative estimate of drug-likeness (QED) is 0.550. The number of fused-ring (bicyclic) bond motifs is 3. The number of rotatable bonds is 6. The van der Waals surface area contributed by atoms with E-state index in [1.165, 1.54) is 0 Å². The molecule has 4 rings (SSSR count). The van der Waals surface area contributed by atoms with E-state index < -0.39 is 11.9 Å². The van der Waals surface area contributed by atoms with Crippen molar-refractivity contribution in [1.82, 2.24) is 14.1 Å². The number of aromatic carboxylic acids is 1. The zero-order valence-corrected chi connectivity index (χ0v) is 14.5. The lowest BCUT2D eigenvalue weighted by Crippen LogP contribution is -2.13. The maximum Gasteiger partial charge on any atom is 0.335 e. The van der Waals surface area contributed by atoms with Crippen LogP contribution in [0.15, 0.2) is 55.1 Å². The van der Waals surface area contributed by atoms with E-state index in [0.717, 1.165) is 27.4 Å². The standard InChI is InChI=1S/C20H18N4O3/c21-19(25)5-7-24-17-4-1-13(11-23-8-6-22-12-23)9-16(17)15-3-2-14(20(26)27)10-18(15)24/h1-4,6,8-10,12H,5,7,11H2,(H2,21,25)(H,26,27). The Morgan fingerprint density at radius 1 is 1.07 bits per heavy atom. The molecule has 0 aliphatic rings. The van der Waals surface area contributed by atoms with Crippen molar-refractivity contribution >= 4 is 33.7 Å². The molecule has 0 saturated heterocycles. The molecule has 0 fully saturated rings. The molecule has 0 saturated carbocycles. The number of imidazole rings is 1. The van der Waals surface area contributed by atoms with Crippen LogP contribution in [0, 0.1) is 0 Å². The Labute approximate surface area is 154 Å². The molecular formula is C20H18N4O3. The van der Waals surface area contributed by atoms with Gasteiger partial charge in [-0.15, -0.1) is 0 Å². The Bertz CT molecular complexity index is 1160. The van der Waals surface area contributed by atoms with Gasteiger partial charge in [0, 0.05) is 53.7 Å². The molecule has 2 aromatic heterocycles. The molecule has 2 aromatic carbocycles. The van der Waals surface area contributed by atoms with Crippen LogP contribution in [0.3, 0.4) is 0 Å². The number of carboxylic acid groups (broad SMARTS) is 1. The number of aromatic nitrogens is 3. The number of nitrogens with zero attached hydrogens (tertiary/aromatic N) is 3. The lowest BCUT2D eigenvalue weighted by molar-refractivity contribution is -0.118. The van der Waals surface area contributed by atoms with E-state index in [2.05, 4.69) is 11.1 Å². The van der Waals surface area contributed by atoms with Gasteiger partial charge in [0.2, 0.25) is 5.91 Å². The monoisotopic (exact) mass is 362 g/mol. The van der Waals surface area contributed by atoms with E-state index in [-0.39, 0.29) is 12.0 Å². The first kappa shape index (κ1) is 16.8. The van der Waals surface area contributed by atoms with Gasteiger partial charge >= 0.3 is 5.97 Å². The first-order valence-corrected chi connectivity index (χ1v) is 8.55. The summed E-state index contributed by atoms with van der Waals surface area (Å²) in [4.78, 5) is 26.7. The Kier molecular flexibility index (Phi) is 4.12. The van der Waals surface area contributed by atoms with E-state index in [1.807, 2.05) is 33.5 Å². The highest BCUT2D eigenvalue weighted by atomic mass is 16.4. The van der Waals surface area contributed by atoms with Crippen LogP contribution in [0.1, 0.15) is 22.3 Å². The van der Waals surface area contributed by atoms with Gasteiger partial charge in [0.05, 0.1) is 11.9 Å². The topological polar surface area (TPSA) is 103 Å². The smallest absolute Gasteiger partial charge is 0.335 e. The SMILES string of the molecule is NC(=O)CCn1c2ccc(Cn3ccnc3)cc2c2ccc(C(=O)O)cc21. The highest BCUT2D eigenvalue weighted by Crippen LogP contribution is 2.31. The van der Waals surface area contributed by atoms with Crippen LogP contribution in [0.25, 0.3) is 21.8 Å². The van der Waals surface area contributed by atoms with Gasteiger partial charge in [0.15, 0.2) is 0 Å². The number of carbonyl (C=O) groups excluding carboxylic acids is 1. The molecule has 0 aliphatic heterocycles. The van der Waals surface area contributed by atoms with Crippen molar-refractivity contribution in [2.75, 3.05) is 0 Å². The highest BCUT2D eigenvalue weighted by Gasteiger charge is 2.14. The van der Waals surface area contributed by atoms with Crippen LogP contribution in [0.4, 0.5) is 0 Å². The third-order valence-electron chi connectivity index (χ3n) is 4.68. The number of amides is 1. The lowest BCUT2D eigenvalue weighted by atomic mass is 10.1. The summed E-state index contributed by atoms with van der Waals surface area (Å²) in [5.74, 6) is -1.37. The minimum Gasteiger partial charge on any atom is -0.478 e. The number of primary amides is 1. The van der Waals surface area contributed by atoms with Crippen LogP contribution < -0.4 is 5.73 Å². The molecule has 2 heterocycles. The van der Waals surface area contributed by atoms with Gasteiger partial charge in [-0.25, -0.2) is 9.78 Å². The van der Waals surface area contributed by atoms with Crippen molar-refractivity contribution in [3.05, 3.63) is 66.2 Å². The van der Waals surface area contributed by atoms with E-state index in [4.69, 9.17) is 5.73 Å². The number of carbonyl (C=O) groups is 2. The second-order valence-electron chi connectivity index (χ2n) is 6.49. The van der Waals surface area contributed by atoms with Crippen molar-refractivity contribution in [1.29, 1.82) is 0 Å². The van der Waals surface area contributed by atoms with E-state index in [0.29, 0.717) is 13.1 Å². The van der Waals surface area contributed by atoms with Crippen molar-refractivity contribution in [2.45, 2.75) is 19.5 Å². The lowest BCUT2D eigenvalue weighted by Gasteiger charge is -2.07. The number of aryl methyl sites for hydroxylation is 1. The van der Waals surface area contributed by atoms with Gasteiger partial charge in [-0.05, 0) is 29.8 Å². The average Bonchev–Trinajstić information content (AvgIpc) is 3.25. The van der Waals surface area contributed by atoms with Crippen molar-refractivity contribution in [2.24, 2.45) is 5.73 Å². The number of nitrogens with two attached hydrogens (primary N) is 1. The number of benzene rings is 2. The molecular weight excluding hydrogens is 344 g/mol. The second kappa shape index (κ2) is 6.60. The maximum absolute atomic E-state index is 11.4. The van der Waals surface area contributed by atoms with Gasteiger partial charge < -0.3 is 20.0 Å². The fraction of sp³-hybridized carbons (Fsp3) is 0.150. The molecule has 0 atom stereocenters. The van der Waals surface area contributed by atoms with Gasteiger partial charge in [0.1, 0.15) is 0 Å². The summed E-state index contributed by atoms with van der Waals surface area (Å²) in [6.07, 6.45) is 5.59.